The molecule has 12 heavy (non-hydrogen) atoms. The lowest BCUT2D eigenvalue weighted by atomic mass is 10.4. The number of hydrogen-bond acceptors (Lipinski definition) is 3. The van der Waals surface area contributed by atoms with Crippen LogP contribution in [0.3, 0.4) is 0 Å². The number of rotatable bonds is 8. The summed E-state index contributed by atoms with van der Waals surface area (Å²) in [5.41, 5.74) is 0. The molecule has 0 aromatic rings. The summed E-state index contributed by atoms with van der Waals surface area (Å²) in [6, 6.07) is 0. The average Bonchev–Trinajstić information content (AvgIpc) is 2.06. The minimum absolute atomic E-state index is 0.635. The second-order valence-corrected chi connectivity index (χ2v) is 4.04. The number of unbranched alkanes of at least 4 members (excludes halogenated alkanes) is 2. The first-order chi connectivity index (χ1) is 5.81. The third kappa shape index (κ3) is 8.51. The first-order valence-electron chi connectivity index (χ1n) is 4.72. The molecule has 3 nitrogen and oxygen atoms in total. The van der Waals surface area contributed by atoms with Crippen LogP contribution in [0.5, 0.6) is 0 Å². The lowest BCUT2D eigenvalue weighted by Gasteiger charge is -2.06. The Morgan fingerprint density at radius 1 is 1.00 bits per heavy atom. The van der Waals surface area contributed by atoms with E-state index in [1.54, 1.807) is 0 Å². The molecule has 0 saturated carbocycles. The SMILES string of the molecule is CCCC[O][Al]([OH])[O]CCCC. The van der Waals surface area contributed by atoms with Crippen molar-refractivity contribution in [1.82, 2.24) is 0 Å². The van der Waals surface area contributed by atoms with Gasteiger partial charge in [-0.1, -0.05) is 26.7 Å². The van der Waals surface area contributed by atoms with Gasteiger partial charge in [0.2, 0.25) is 0 Å². The van der Waals surface area contributed by atoms with Crippen molar-refractivity contribution in [2.24, 2.45) is 0 Å². The molecule has 0 rings (SSSR count). The van der Waals surface area contributed by atoms with Crippen LogP contribution in [0.25, 0.3) is 0 Å². The van der Waals surface area contributed by atoms with Crippen molar-refractivity contribution in [1.29, 1.82) is 0 Å². The highest BCUT2D eigenvalue weighted by Crippen LogP contribution is 1.93. The van der Waals surface area contributed by atoms with E-state index in [1.165, 1.54) is 0 Å². The molecule has 0 amide bonds. The molecule has 0 saturated heterocycles. The van der Waals surface area contributed by atoms with Crippen LogP contribution in [0, 0.1) is 0 Å². The molecule has 4 heteroatoms. The van der Waals surface area contributed by atoms with E-state index in [9.17, 15) is 4.16 Å². The van der Waals surface area contributed by atoms with Gasteiger partial charge in [-0.05, 0) is 12.8 Å². The zero-order chi connectivity index (χ0) is 9.23. The molecule has 0 unspecified atom stereocenters. The zero-order valence-electron chi connectivity index (χ0n) is 8.08. The van der Waals surface area contributed by atoms with Gasteiger partial charge in [0.1, 0.15) is 0 Å². The van der Waals surface area contributed by atoms with Crippen LogP contribution in [-0.4, -0.2) is 32.5 Å². The second kappa shape index (κ2) is 9.50. The maximum atomic E-state index is 9.20. The van der Waals surface area contributed by atoms with Gasteiger partial charge in [-0.15, -0.1) is 0 Å². The van der Waals surface area contributed by atoms with E-state index >= 15 is 0 Å². The van der Waals surface area contributed by atoms with E-state index in [0.29, 0.717) is 13.2 Å². The van der Waals surface area contributed by atoms with E-state index in [4.69, 9.17) is 7.58 Å². The average molecular weight is 190 g/mol. The molecule has 0 aliphatic heterocycles. The summed E-state index contributed by atoms with van der Waals surface area (Å²) in [7, 11) is 0. The quantitative estimate of drug-likeness (QED) is 0.466. The Balaban J connectivity index is 3.04. The molecular formula is C8H19AlO3. The van der Waals surface area contributed by atoms with E-state index in [0.717, 1.165) is 25.7 Å². The van der Waals surface area contributed by atoms with Crippen LogP contribution in [0.1, 0.15) is 39.5 Å². The van der Waals surface area contributed by atoms with Gasteiger partial charge in [0, 0.05) is 13.2 Å². The molecule has 0 atom stereocenters. The lowest BCUT2D eigenvalue weighted by Crippen LogP contribution is -2.23. The fraction of sp³-hybridized carbons (Fsp3) is 1.00. The summed E-state index contributed by atoms with van der Waals surface area (Å²) in [5, 5.41) is 0. The molecule has 0 aliphatic carbocycles. The van der Waals surface area contributed by atoms with Crippen LogP contribution in [0.2, 0.25) is 0 Å². The summed E-state index contributed by atoms with van der Waals surface area (Å²) < 4.78 is 19.4. The first-order valence-corrected chi connectivity index (χ1v) is 6.18. The summed E-state index contributed by atoms with van der Waals surface area (Å²) in [5.74, 6) is 0. The molecule has 0 aliphatic rings. The van der Waals surface area contributed by atoms with E-state index in [-0.39, 0.29) is 0 Å². The molecule has 0 aromatic heterocycles. The monoisotopic (exact) mass is 190 g/mol. The predicted octanol–water partition coefficient (Wildman–Crippen LogP) is 1.60. The Bertz CT molecular complexity index is 80.4. The van der Waals surface area contributed by atoms with E-state index in [1.807, 2.05) is 0 Å². The van der Waals surface area contributed by atoms with Crippen LogP contribution >= 0.6 is 0 Å². The van der Waals surface area contributed by atoms with Crippen molar-refractivity contribution in [2.45, 2.75) is 39.5 Å². The van der Waals surface area contributed by atoms with Gasteiger partial charge in [0.25, 0.3) is 0 Å². The minimum Gasteiger partial charge on any atom is -0.469 e. The molecule has 1 N–H and O–H groups in total. The van der Waals surface area contributed by atoms with Crippen molar-refractivity contribution in [3.8, 4) is 0 Å². The third-order valence-corrected chi connectivity index (χ3v) is 2.56. The smallest absolute Gasteiger partial charge is 0.469 e. The van der Waals surface area contributed by atoms with E-state index in [2.05, 4.69) is 13.8 Å². The van der Waals surface area contributed by atoms with Gasteiger partial charge in [-0.25, -0.2) is 0 Å². The summed E-state index contributed by atoms with van der Waals surface area (Å²) in [4.78, 5) is 0. The summed E-state index contributed by atoms with van der Waals surface area (Å²) in [6.45, 7) is 5.45. The van der Waals surface area contributed by atoms with Crippen molar-refractivity contribution in [3.63, 3.8) is 0 Å². The molecule has 0 fully saturated rings. The van der Waals surface area contributed by atoms with E-state index < -0.39 is 15.1 Å². The highest BCUT2D eigenvalue weighted by molar-refractivity contribution is 6.34. The fourth-order valence-corrected chi connectivity index (χ4v) is 1.54. The fourth-order valence-electron chi connectivity index (χ4n) is 0.705. The Morgan fingerprint density at radius 3 is 1.75 bits per heavy atom. The van der Waals surface area contributed by atoms with Gasteiger partial charge in [-0.2, -0.15) is 0 Å². The predicted molar refractivity (Wildman–Crippen MR) is 49.7 cm³/mol. The normalized spacial score (nSPS) is 10.2. The maximum absolute atomic E-state index is 9.20. The standard InChI is InChI=1S/2C4H9O.Al.H2O/c2*1-2-3-4-5;;/h2*2-4H2,1H3;;1H2/q2*-1;+3;/p-1. The van der Waals surface area contributed by atoms with Crippen LogP contribution < -0.4 is 0 Å². The minimum atomic E-state index is -2.27. The van der Waals surface area contributed by atoms with Gasteiger partial charge >= 0.3 is 15.1 Å². The van der Waals surface area contributed by atoms with Crippen LogP contribution in [-0.2, 0) is 7.58 Å². The molecule has 72 valence electrons. The Hall–Kier alpha value is 0.412. The molecule has 0 radical (unpaired) electrons. The second-order valence-electron chi connectivity index (χ2n) is 2.76. The van der Waals surface area contributed by atoms with Crippen molar-refractivity contribution in [2.75, 3.05) is 13.2 Å². The largest absolute Gasteiger partial charge is 0.902 e. The number of hydrogen-bond donors (Lipinski definition) is 1. The molecule has 0 bridgehead atoms. The zero-order valence-corrected chi connectivity index (χ0v) is 9.24. The summed E-state index contributed by atoms with van der Waals surface area (Å²) in [6.07, 6.45) is 4.19. The Morgan fingerprint density at radius 2 is 1.42 bits per heavy atom. The van der Waals surface area contributed by atoms with Gasteiger partial charge in [0.05, 0.1) is 0 Å². The third-order valence-electron chi connectivity index (χ3n) is 1.52. The maximum Gasteiger partial charge on any atom is 0.902 e. The highest BCUT2D eigenvalue weighted by Gasteiger charge is 2.24. The highest BCUT2D eigenvalue weighted by atomic mass is 27.2. The first kappa shape index (κ1) is 12.4. The lowest BCUT2D eigenvalue weighted by molar-refractivity contribution is 0.130. The topological polar surface area (TPSA) is 38.7 Å². The van der Waals surface area contributed by atoms with Crippen molar-refractivity contribution < 1.29 is 11.7 Å². The Kier molecular flexibility index (Phi) is 9.83. The van der Waals surface area contributed by atoms with Gasteiger partial charge in [-0.3, -0.25) is 0 Å². The molecular weight excluding hydrogens is 171 g/mol. The van der Waals surface area contributed by atoms with Crippen molar-refractivity contribution >= 4 is 15.1 Å². The molecule has 0 spiro atoms. The van der Waals surface area contributed by atoms with Gasteiger partial charge in [0.15, 0.2) is 0 Å². The molecule has 0 heterocycles. The Labute approximate surface area is 80.1 Å². The van der Waals surface area contributed by atoms with Crippen molar-refractivity contribution in [3.05, 3.63) is 0 Å². The van der Waals surface area contributed by atoms with Crippen LogP contribution in [0.4, 0.5) is 0 Å². The van der Waals surface area contributed by atoms with Crippen LogP contribution in [0.15, 0.2) is 0 Å². The summed E-state index contributed by atoms with van der Waals surface area (Å²) >= 11 is -2.27. The van der Waals surface area contributed by atoms with Gasteiger partial charge < -0.3 is 11.7 Å². The molecule has 0 aromatic carbocycles.